The molecule has 1 atom stereocenters. The lowest BCUT2D eigenvalue weighted by Crippen LogP contribution is -2.43. The molecule has 1 aromatic rings. The molecule has 0 spiro atoms. The second kappa shape index (κ2) is 6.90. The van der Waals surface area contributed by atoms with E-state index in [1.807, 2.05) is 20.8 Å². The molecule has 1 aromatic carbocycles. The number of carbonyl (C=O) groups is 1. The molecule has 2 aliphatic rings. The van der Waals surface area contributed by atoms with Crippen LogP contribution in [0, 0.1) is 0 Å². The van der Waals surface area contributed by atoms with Crippen LogP contribution < -0.4 is 4.31 Å². The van der Waals surface area contributed by atoms with E-state index in [1.165, 1.54) is 8.61 Å². The van der Waals surface area contributed by atoms with Gasteiger partial charge >= 0.3 is 16.3 Å². The van der Waals surface area contributed by atoms with Crippen LogP contribution in [-0.2, 0) is 14.9 Å². The largest absolute Gasteiger partial charge is 0.444 e. The van der Waals surface area contributed by atoms with Gasteiger partial charge in [-0.3, -0.25) is 4.31 Å². The number of carbonyl (C=O) groups excluding carboxylic acids is 1. The first-order valence-corrected chi connectivity index (χ1v) is 10.4. The van der Waals surface area contributed by atoms with Crippen LogP contribution in [0.25, 0.3) is 0 Å². The molecule has 144 valence electrons. The van der Waals surface area contributed by atoms with Crippen molar-refractivity contribution in [2.24, 2.45) is 0 Å². The second-order valence-electron chi connectivity index (χ2n) is 7.54. The van der Waals surface area contributed by atoms with Crippen LogP contribution in [-0.4, -0.2) is 61.5 Å². The van der Waals surface area contributed by atoms with Crippen molar-refractivity contribution in [3.63, 3.8) is 0 Å². The van der Waals surface area contributed by atoms with Crippen molar-refractivity contribution in [3.05, 3.63) is 29.3 Å². The molecule has 7 nitrogen and oxygen atoms in total. The fraction of sp³-hybridized carbons (Fsp3) is 0.588. The summed E-state index contributed by atoms with van der Waals surface area (Å²) in [5.74, 6) is 0. The maximum Gasteiger partial charge on any atom is 0.410 e. The number of anilines is 1. The minimum absolute atomic E-state index is 0.239. The van der Waals surface area contributed by atoms with Crippen LogP contribution in [0.2, 0.25) is 5.02 Å². The second-order valence-corrected chi connectivity index (χ2v) is 9.78. The summed E-state index contributed by atoms with van der Waals surface area (Å²) in [6.07, 6.45) is 0.199. The standard InChI is InChI=1S/C17H24ClN3O4S/c1-17(2,3)25-16(22)19-8-7-15(12-19)21-10-9-20(26(21,23)24)14-6-4-5-13(18)11-14/h4-6,11,15H,7-10,12H2,1-3H3/t15-/m1/s1. The van der Waals surface area contributed by atoms with Gasteiger partial charge in [0.25, 0.3) is 0 Å². The zero-order valence-corrected chi connectivity index (χ0v) is 16.8. The first kappa shape index (κ1) is 19.3. The predicted octanol–water partition coefficient (Wildman–Crippen LogP) is 2.72. The van der Waals surface area contributed by atoms with E-state index < -0.39 is 21.9 Å². The van der Waals surface area contributed by atoms with Crippen LogP contribution in [0.4, 0.5) is 10.5 Å². The number of likely N-dealkylation sites (tertiary alicyclic amines) is 1. The molecule has 26 heavy (non-hydrogen) atoms. The van der Waals surface area contributed by atoms with Gasteiger partial charge in [-0.2, -0.15) is 12.7 Å². The molecule has 0 saturated carbocycles. The summed E-state index contributed by atoms with van der Waals surface area (Å²) in [7, 11) is -3.64. The lowest BCUT2D eigenvalue weighted by Gasteiger charge is -2.26. The number of halogens is 1. The molecular weight excluding hydrogens is 378 g/mol. The Morgan fingerprint density at radius 2 is 1.96 bits per heavy atom. The van der Waals surface area contributed by atoms with Gasteiger partial charge in [0.2, 0.25) is 0 Å². The Bertz CT molecular complexity index is 793. The van der Waals surface area contributed by atoms with Gasteiger partial charge < -0.3 is 9.64 Å². The van der Waals surface area contributed by atoms with Crippen molar-refractivity contribution >= 4 is 33.6 Å². The fourth-order valence-electron chi connectivity index (χ4n) is 3.28. The average Bonchev–Trinajstić information content (AvgIpc) is 3.09. The number of hydrogen-bond donors (Lipinski definition) is 0. The summed E-state index contributed by atoms with van der Waals surface area (Å²) in [6, 6.07) is 6.58. The molecule has 2 heterocycles. The quantitative estimate of drug-likeness (QED) is 0.764. The Morgan fingerprint density at radius 3 is 2.62 bits per heavy atom. The third-order valence-electron chi connectivity index (χ3n) is 4.42. The van der Waals surface area contributed by atoms with Gasteiger partial charge in [0.05, 0.1) is 5.69 Å². The van der Waals surface area contributed by atoms with Crippen molar-refractivity contribution in [2.45, 2.75) is 38.8 Å². The van der Waals surface area contributed by atoms with E-state index in [1.54, 1.807) is 29.2 Å². The Morgan fingerprint density at radius 1 is 1.23 bits per heavy atom. The predicted molar refractivity (Wildman–Crippen MR) is 101 cm³/mol. The zero-order valence-electron chi connectivity index (χ0n) is 15.2. The van der Waals surface area contributed by atoms with Gasteiger partial charge in [-0.15, -0.1) is 0 Å². The summed E-state index contributed by atoms with van der Waals surface area (Å²) < 4.78 is 34.2. The SMILES string of the molecule is CC(C)(C)OC(=O)N1CC[C@@H](N2CCN(c3cccc(Cl)c3)S2(=O)=O)C1. The van der Waals surface area contributed by atoms with Crippen LogP contribution in [0.15, 0.2) is 24.3 Å². The number of ether oxygens (including phenoxy) is 1. The summed E-state index contributed by atoms with van der Waals surface area (Å²) in [5, 5.41) is 0.494. The minimum Gasteiger partial charge on any atom is -0.444 e. The molecule has 0 unspecified atom stereocenters. The van der Waals surface area contributed by atoms with Crippen molar-refractivity contribution in [2.75, 3.05) is 30.5 Å². The van der Waals surface area contributed by atoms with E-state index >= 15 is 0 Å². The first-order valence-electron chi connectivity index (χ1n) is 8.61. The van der Waals surface area contributed by atoms with Gasteiger partial charge in [-0.25, -0.2) is 4.79 Å². The van der Waals surface area contributed by atoms with Crippen LogP contribution >= 0.6 is 11.6 Å². The van der Waals surface area contributed by atoms with Crippen molar-refractivity contribution in [1.82, 2.24) is 9.21 Å². The minimum atomic E-state index is -3.64. The fourth-order valence-corrected chi connectivity index (χ4v) is 5.27. The van der Waals surface area contributed by atoms with Gasteiger partial charge in [-0.05, 0) is 45.4 Å². The Labute approximate surface area is 159 Å². The highest BCUT2D eigenvalue weighted by Gasteiger charge is 2.44. The van der Waals surface area contributed by atoms with E-state index in [9.17, 15) is 13.2 Å². The molecule has 0 bridgehead atoms. The topological polar surface area (TPSA) is 70.2 Å². The van der Waals surface area contributed by atoms with Gasteiger partial charge in [0.15, 0.2) is 0 Å². The van der Waals surface area contributed by atoms with Gasteiger partial charge in [0, 0.05) is 37.2 Å². The lowest BCUT2D eigenvalue weighted by molar-refractivity contribution is 0.0287. The molecule has 0 radical (unpaired) electrons. The molecule has 3 rings (SSSR count). The number of amides is 1. The van der Waals surface area contributed by atoms with Crippen molar-refractivity contribution in [1.29, 1.82) is 0 Å². The summed E-state index contributed by atoms with van der Waals surface area (Å²) in [4.78, 5) is 13.8. The van der Waals surface area contributed by atoms with E-state index in [0.717, 1.165) is 0 Å². The number of nitrogens with zero attached hydrogens (tertiary/aromatic N) is 3. The normalized spacial score (nSPS) is 23.5. The van der Waals surface area contributed by atoms with Crippen LogP contribution in [0.1, 0.15) is 27.2 Å². The first-order chi connectivity index (χ1) is 12.1. The highest BCUT2D eigenvalue weighted by molar-refractivity contribution is 7.90. The third kappa shape index (κ3) is 3.92. The van der Waals surface area contributed by atoms with Crippen LogP contribution in [0.5, 0.6) is 0 Å². The summed E-state index contributed by atoms with van der Waals surface area (Å²) >= 11 is 5.99. The molecule has 9 heteroatoms. The van der Waals surface area contributed by atoms with Crippen molar-refractivity contribution < 1.29 is 17.9 Å². The summed E-state index contributed by atoms with van der Waals surface area (Å²) in [5.41, 5.74) is -0.0138. The lowest BCUT2D eigenvalue weighted by atomic mass is 10.2. The molecule has 2 aliphatic heterocycles. The molecule has 0 N–H and O–H groups in total. The molecule has 0 aromatic heterocycles. The Balaban J connectivity index is 1.71. The monoisotopic (exact) mass is 401 g/mol. The van der Waals surface area contributed by atoms with E-state index in [-0.39, 0.29) is 6.04 Å². The highest BCUT2D eigenvalue weighted by Crippen LogP contribution is 2.31. The van der Waals surface area contributed by atoms with Gasteiger partial charge in [-0.1, -0.05) is 17.7 Å². The molecular formula is C17H24ClN3O4S. The van der Waals surface area contributed by atoms with Crippen molar-refractivity contribution in [3.8, 4) is 0 Å². The third-order valence-corrected chi connectivity index (χ3v) is 6.68. The maximum absolute atomic E-state index is 13.0. The molecule has 2 saturated heterocycles. The maximum atomic E-state index is 13.0. The number of rotatable bonds is 2. The highest BCUT2D eigenvalue weighted by atomic mass is 35.5. The Kier molecular flexibility index (Phi) is 5.11. The van der Waals surface area contributed by atoms with E-state index in [0.29, 0.717) is 43.3 Å². The molecule has 2 fully saturated rings. The summed E-state index contributed by atoms with van der Waals surface area (Å²) in [6.45, 7) is 7.03. The zero-order chi connectivity index (χ0) is 19.1. The Hall–Kier alpha value is -1.51. The number of hydrogen-bond acceptors (Lipinski definition) is 4. The molecule has 0 aliphatic carbocycles. The van der Waals surface area contributed by atoms with Crippen LogP contribution in [0.3, 0.4) is 0 Å². The number of benzene rings is 1. The smallest absolute Gasteiger partial charge is 0.410 e. The van der Waals surface area contributed by atoms with E-state index in [2.05, 4.69) is 0 Å². The van der Waals surface area contributed by atoms with Gasteiger partial charge in [0.1, 0.15) is 5.60 Å². The van der Waals surface area contributed by atoms with E-state index in [4.69, 9.17) is 16.3 Å². The molecule has 1 amide bonds. The average molecular weight is 402 g/mol.